The third-order valence-corrected chi connectivity index (χ3v) is 13.9. The smallest absolute Gasteiger partial charge is 0.164 e. The minimum Gasteiger partial charge on any atom is -0.316 e. The number of nitrogens with zero attached hydrogens (tertiary/aromatic N) is 6. The lowest BCUT2D eigenvalue weighted by molar-refractivity contribution is 1.07. The summed E-state index contributed by atoms with van der Waals surface area (Å²) in [5, 5.41) is 6.06. The summed E-state index contributed by atoms with van der Waals surface area (Å²) in [5.74, 6) is 1.90. The van der Waals surface area contributed by atoms with Crippen molar-refractivity contribution in [3.63, 3.8) is 0 Å². The van der Waals surface area contributed by atoms with Gasteiger partial charge in [0.25, 0.3) is 0 Å². The van der Waals surface area contributed by atoms with Gasteiger partial charge in [-0.3, -0.25) is 0 Å². The summed E-state index contributed by atoms with van der Waals surface area (Å²) in [7, 11) is 0. The molecule has 14 aromatic rings. The van der Waals surface area contributed by atoms with Crippen LogP contribution in [0.1, 0.15) is 0 Å². The lowest BCUT2D eigenvalue weighted by atomic mass is 10.0. The van der Waals surface area contributed by atoms with Gasteiger partial charge in [0.15, 0.2) is 17.5 Å². The zero-order chi connectivity index (χ0) is 46.8. The van der Waals surface area contributed by atoms with Crippen LogP contribution in [-0.2, 0) is 0 Å². The number of benzene rings is 10. The third-order valence-electron chi connectivity index (χ3n) is 13.9. The fourth-order valence-corrected chi connectivity index (χ4v) is 10.7. The lowest BCUT2D eigenvalue weighted by Gasteiger charge is -2.13. The molecule has 6 heteroatoms. The first kappa shape index (κ1) is 40.4. The van der Waals surface area contributed by atoms with Gasteiger partial charge >= 0.3 is 0 Å². The van der Waals surface area contributed by atoms with Crippen molar-refractivity contribution in [1.82, 2.24) is 28.7 Å². The highest BCUT2D eigenvalue weighted by atomic mass is 15.0. The Morgan fingerprint density at radius 3 is 1.52 bits per heavy atom. The molecule has 71 heavy (non-hydrogen) atoms. The standard InChI is InChI=1S/C65H42N6/c1-5-18-43(19-6-1)48-34-36-58-55(42-48)61-59(69-39-38-54-56(69)37-35-53-52-30-13-14-31-57(52)71(62(53)54)50-27-11-4-12-28-50)32-17-33-60(61)70(58)51-29-16-25-47(41-51)46-24-15-26-49(40-46)65-67-63(44-20-7-2-8-21-44)66-64(68-65)45-22-9-3-10-23-45/h1-42H. The molecule has 0 saturated carbocycles. The van der Waals surface area contributed by atoms with Gasteiger partial charge in [-0.25, -0.2) is 15.0 Å². The van der Waals surface area contributed by atoms with Crippen LogP contribution in [0.5, 0.6) is 0 Å². The molecule has 14 rings (SSSR count). The molecular weight excluding hydrogens is 865 g/mol. The molecule has 0 aliphatic heterocycles. The summed E-state index contributed by atoms with van der Waals surface area (Å²) in [6.45, 7) is 0. The van der Waals surface area contributed by atoms with E-state index < -0.39 is 0 Å². The Kier molecular flexibility index (Phi) is 9.42. The van der Waals surface area contributed by atoms with Crippen LogP contribution >= 0.6 is 0 Å². The molecule has 0 atom stereocenters. The molecule has 10 aromatic carbocycles. The molecule has 0 aliphatic rings. The molecule has 0 aliphatic carbocycles. The molecule has 0 fully saturated rings. The van der Waals surface area contributed by atoms with Gasteiger partial charge in [-0.05, 0) is 95.1 Å². The maximum Gasteiger partial charge on any atom is 0.164 e. The fourth-order valence-electron chi connectivity index (χ4n) is 10.7. The van der Waals surface area contributed by atoms with Crippen LogP contribution in [0.15, 0.2) is 255 Å². The zero-order valence-electron chi connectivity index (χ0n) is 38.4. The summed E-state index contributed by atoms with van der Waals surface area (Å²) in [5.41, 5.74) is 16.5. The second kappa shape index (κ2) is 16.5. The Morgan fingerprint density at radius 2 is 0.789 bits per heavy atom. The van der Waals surface area contributed by atoms with Gasteiger partial charge in [0.2, 0.25) is 0 Å². The Balaban J connectivity index is 0.942. The van der Waals surface area contributed by atoms with E-state index in [2.05, 4.69) is 208 Å². The summed E-state index contributed by atoms with van der Waals surface area (Å²) in [6.07, 6.45) is 2.25. The molecule has 4 heterocycles. The molecule has 0 amide bonds. The first-order valence-electron chi connectivity index (χ1n) is 24.0. The topological polar surface area (TPSA) is 53.5 Å². The first-order valence-corrected chi connectivity index (χ1v) is 24.0. The first-order chi connectivity index (χ1) is 35.2. The van der Waals surface area contributed by atoms with E-state index in [1.807, 2.05) is 60.7 Å². The Labute approximate surface area is 409 Å². The predicted octanol–water partition coefficient (Wildman–Crippen LogP) is 16.3. The van der Waals surface area contributed by atoms with Gasteiger partial charge in [0.1, 0.15) is 0 Å². The second-order valence-corrected chi connectivity index (χ2v) is 18.0. The highest BCUT2D eigenvalue weighted by Crippen LogP contribution is 2.42. The number of rotatable bonds is 8. The van der Waals surface area contributed by atoms with Gasteiger partial charge in [-0.2, -0.15) is 0 Å². The van der Waals surface area contributed by atoms with Crippen molar-refractivity contribution < 1.29 is 0 Å². The van der Waals surface area contributed by atoms with Crippen LogP contribution in [-0.4, -0.2) is 28.7 Å². The van der Waals surface area contributed by atoms with E-state index in [1.54, 1.807) is 0 Å². The molecule has 0 unspecified atom stereocenters. The van der Waals surface area contributed by atoms with Gasteiger partial charge in [0, 0.05) is 61.2 Å². The van der Waals surface area contributed by atoms with Crippen molar-refractivity contribution in [1.29, 1.82) is 0 Å². The maximum absolute atomic E-state index is 5.05. The number of hydrogen-bond acceptors (Lipinski definition) is 3. The van der Waals surface area contributed by atoms with Crippen LogP contribution in [0.3, 0.4) is 0 Å². The van der Waals surface area contributed by atoms with Crippen molar-refractivity contribution >= 4 is 54.5 Å². The Hall–Kier alpha value is -9.65. The lowest BCUT2D eigenvalue weighted by Crippen LogP contribution is -2.00. The fraction of sp³-hybridized carbons (Fsp3) is 0. The van der Waals surface area contributed by atoms with Gasteiger partial charge in [-0.15, -0.1) is 0 Å². The highest BCUT2D eigenvalue weighted by Gasteiger charge is 2.21. The second-order valence-electron chi connectivity index (χ2n) is 18.0. The molecule has 0 N–H and O–H groups in total. The number of para-hydroxylation sites is 2. The minimum absolute atomic E-state index is 0.625. The SMILES string of the molecule is c1ccc(-c2ccc3c(c2)c2c(-n4ccc5c4ccc4c6ccccc6n(-c6ccccc6)c45)cccc2n3-c2cccc(-c3cccc(-c4nc(-c5ccccc5)nc(-c5ccccc5)n4)c3)c2)cc1. The number of hydrogen-bond donors (Lipinski definition) is 0. The van der Waals surface area contributed by atoms with Crippen molar-refractivity contribution in [2.24, 2.45) is 0 Å². The van der Waals surface area contributed by atoms with Crippen molar-refractivity contribution in [2.45, 2.75) is 0 Å². The summed E-state index contributed by atoms with van der Waals surface area (Å²) >= 11 is 0. The average Bonchev–Trinajstić information content (AvgIpc) is 4.14. The summed E-state index contributed by atoms with van der Waals surface area (Å²) < 4.78 is 7.24. The monoisotopic (exact) mass is 906 g/mol. The molecule has 0 bridgehead atoms. The van der Waals surface area contributed by atoms with Crippen LogP contribution < -0.4 is 0 Å². The van der Waals surface area contributed by atoms with Gasteiger partial charge in [-0.1, -0.05) is 176 Å². The quantitative estimate of drug-likeness (QED) is 0.153. The normalized spacial score (nSPS) is 11.7. The van der Waals surface area contributed by atoms with Crippen molar-refractivity contribution in [2.75, 3.05) is 0 Å². The van der Waals surface area contributed by atoms with E-state index in [-0.39, 0.29) is 0 Å². The molecule has 0 saturated heterocycles. The zero-order valence-corrected chi connectivity index (χ0v) is 38.4. The molecule has 4 aromatic heterocycles. The van der Waals surface area contributed by atoms with Crippen LogP contribution in [0.25, 0.3) is 128 Å². The average molecular weight is 907 g/mol. The summed E-state index contributed by atoms with van der Waals surface area (Å²) in [6, 6.07) is 88.4. The Bertz CT molecular complexity index is 4260. The van der Waals surface area contributed by atoms with E-state index in [9.17, 15) is 0 Å². The molecule has 6 nitrogen and oxygen atoms in total. The minimum atomic E-state index is 0.625. The Morgan fingerprint density at radius 1 is 0.268 bits per heavy atom. The van der Waals surface area contributed by atoms with E-state index in [0.29, 0.717) is 17.5 Å². The molecular formula is C65H42N6. The molecule has 332 valence electrons. The van der Waals surface area contributed by atoms with E-state index >= 15 is 0 Å². The van der Waals surface area contributed by atoms with Crippen LogP contribution in [0.4, 0.5) is 0 Å². The molecule has 0 spiro atoms. The van der Waals surface area contributed by atoms with Crippen LogP contribution in [0, 0.1) is 0 Å². The molecule has 0 radical (unpaired) electrons. The van der Waals surface area contributed by atoms with E-state index in [0.717, 1.165) is 61.4 Å². The summed E-state index contributed by atoms with van der Waals surface area (Å²) in [4.78, 5) is 15.0. The highest BCUT2D eigenvalue weighted by molar-refractivity contribution is 6.19. The third kappa shape index (κ3) is 6.76. The van der Waals surface area contributed by atoms with E-state index in [1.165, 1.54) is 49.1 Å². The van der Waals surface area contributed by atoms with Gasteiger partial charge in [0.05, 0.1) is 33.3 Å². The van der Waals surface area contributed by atoms with Gasteiger partial charge < -0.3 is 13.7 Å². The van der Waals surface area contributed by atoms with E-state index in [4.69, 9.17) is 15.0 Å². The number of aromatic nitrogens is 6. The largest absolute Gasteiger partial charge is 0.316 e. The van der Waals surface area contributed by atoms with Crippen LogP contribution in [0.2, 0.25) is 0 Å². The van der Waals surface area contributed by atoms with Crippen molar-refractivity contribution in [3.05, 3.63) is 255 Å². The predicted molar refractivity (Wildman–Crippen MR) is 293 cm³/mol. The number of fused-ring (bicyclic) bond motifs is 8. The van der Waals surface area contributed by atoms with Crippen molar-refractivity contribution in [3.8, 4) is 73.5 Å². The maximum atomic E-state index is 5.05.